The Morgan fingerprint density at radius 2 is 2.08 bits per heavy atom. The number of rotatable bonds is 2. The maximum atomic E-state index is 13.1. The van der Waals surface area contributed by atoms with Gasteiger partial charge in [-0.2, -0.15) is 0 Å². The third-order valence-electron chi connectivity index (χ3n) is 1.89. The Morgan fingerprint density at radius 1 is 1.50 bits per heavy atom. The SMILES string of the molecule is C[C@@H]1O[C@H](C)[C@@H](O[PH](=O)O)[C@H]1F. The molecule has 1 aliphatic heterocycles. The minimum atomic E-state index is -3.08. The number of hydrogen-bond donors (Lipinski definition) is 1. The van der Waals surface area contributed by atoms with Crippen LogP contribution in [0, 0.1) is 0 Å². The second-order valence-corrected chi connectivity index (χ2v) is 3.61. The van der Waals surface area contributed by atoms with Crippen LogP contribution in [0.4, 0.5) is 4.39 Å². The summed E-state index contributed by atoms with van der Waals surface area (Å²) in [6.07, 6.45) is -3.25. The van der Waals surface area contributed by atoms with Crippen LogP contribution in [0.15, 0.2) is 0 Å². The largest absolute Gasteiger partial charge is 0.370 e. The molecule has 0 amide bonds. The van der Waals surface area contributed by atoms with E-state index in [0.29, 0.717) is 0 Å². The van der Waals surface area contributed by atoms with Crippen LogP contribution in [-0.2, 0) is 13.8 Å². The Hall–Kier alpha value is 0.0400. The van der Waals surface area contributed by atoms with E-state index in [1.807, 2.05) is 0 Å². The molecule has 1 fully saturated rings. The van der Waals surface area contributed by atoms with Gasteiger partial charge in [0.1, 0.15) is 6.10 Å². The van der Waals surface area contributed by atoms with Crippen molar-refractivity contribution in [1.29, 1.82) is 0 Å². The van der Waals surface area contributed by atoms with Crippen molar-refractivity contribution in [3.63, 3.8) is 0 Å². The normalized spacial score (nSPS) is 44.7. The van der Waals surface area contributed by atoms with E-state index in [4.69, 9.17) is 9.63 Å². The third-order valence-corrected chi connectivity index (χ3v) is 2.36. The van der Waals surface area contributed by atoms with E-state index in [2.05, 4.69) is 4.52 Å². The molecule has 1 saturated heterocycles. The van der Waals surface area contributed by atoms with Crippen molar-refractivity contribution in [2.45, 2.75) is 38.3 Å². The first kappa shape index (κ1) is 10.1. The maximum absolute atomic E-state index is 13.1. The number of halogens is 1. The molecule has 72 valence electrons. The van der Waals surface area contributed by atoms with Crippen molar-refractivity contribution >= 4 is 8.25 Å². The van der Waals surface area contributed by atoms with Gasteiger partial charge in [-0.05, 0) is 13.8 Å². The van der Waals surface area contributed by atoms with Crippen LogP contribution in [0.1, 0.15) is 13.8 Å². The number of alkyl halides is 1. The van der Waals surface area contributed by atoms with Gasteiger partial charge in [0, 0.05) is 0 Å². The predicted octanol–water partition coefficient (Wildman–Crippen LogP) is 0.899. The fraction of sp³-hybridized carbons (Fsp3) is 1.00. The summed E-state index contributed by atoms with van der Waals surface area (Å²) < 4.78 is 33.0. The van der Waals surface area contributed by atoms with E-state index in [9.17, 15) is 8.96 Å². The van der Waals surface area contributed by atoms with Crippen molar-refractivity contribution in [2.75, 3.05) is 0 Å². The first-order chi connectivity index (χ1) is 5.52. The van der Waals surface area contributed by atoms with Gasteiger partial charge >= 0.3 is 8.25 Å². The average molecular weight is 198 g/mol. The van der Waals surface area contributed by atoms with Gasteiger partial charge in [0.15, 0.2) is 6.17 Å². The zero-order valence-electron chi connectivity index (χ0n) is 6.86. The van der Waals surface area contributed by atoms with Crippen molar-refractivity contribution < 1.29 is 23.1 Å². The highest BCUT2D eigenvalue weighted by Gasteiger charge is 2.42. The minimum Gasteiger partial charge on any atom is -0.370 e. The van der Waals surface area contributed by atoms with E-state index in [0.717, 1.165) is 0 Å². The van der Waals surface area contributed by atoms with Crippen molar-refractivity contribution in [1.82, 2.24) is 0 Å². The van der Waals surface area contributed by atoms with E-state index in [1.165, 1.54) is 0 Å². The van der Waals surface area contributed by atoms with Gasteiger partial charge in [-0.3, -0.25) is 4.57 Å². The summed E-state index contributed by atoms with van der Waals surface area (Å²) in [5.74, 6) is 0. The standard InChI is InChI=1S/C6H12FO4P/c1-3-5(7)6(4(2)10-3)11-12(8)9/h3-6,12H,1-2H3,(H,8,9)/t3-,4+,5-,6+/m0/s1. The minimum absolute atomic E-state index is 0.462. The molecule has 0 aromatic carbocycles. The van der Waals surface area contributed by atoms with Crippen LogP contribution in [-0.4, -0.2) is 29.4 Å². The number of hydrogen-bond acceptors (Lipinski definition) is 3. The first-order valence-electron chi connectivity index (χ1n) is 3.71. The Morgan fingerprint density at radius 3 is 2.42 bits per heavy atom. The lowest BCUT2D eigenvalue weighted by molar-refractivity contribution is 0.0343. The van der Waals surface area contributed by atoms with Gasteiger partial charge in [-0.25, -0.2) is 4.39 Å². The molecule has 1 unspecified atom stereocenters. The third kappa shape index (κ3) is 2.04. The highest BCUT2D eigenvalue weighted by atomic mass is 31.1. The highest BCUT2D eigenvalue weighted by molar-refractivity contribution is 7.32. The highest BCUT2D eigenvalue weighted by Crippen LogP contribution is 2.32. The topological polar surface area (TPSA) is 55.8 Å². The van der Waals surface area contributed by atoms with Crippen LogP contribution >= 0.6 is 8.25 Å². The summed E-state index contributed by atoms with van der Waals surface area (Å²) in [5, 5.41) is 0. The molecule has 6 heteroatoms. The molecule has 0 spiro atoms. The zero-order valence-corrected chi connectivity index (χ0v) is 7.86. The summed E-state index contributed by atoms with van der Waals surface area (Å²) in [6, 6.07) is 0. The summed E-state index contributed by atoms with van der Waals surface area (Å²) in [5.41, 5.74) is 0. The molecule has 0 aromatic heterocycles. The summed E-state index contributed by atoms with van der Waals surface area (Å²) in [4.78, 5) is 8.44. The summed E-state index contributed by atoms with van der Waals surface area (Å²) in [7, 11) is -3.08. The van der Waals surface area contributed by atoms with Gasteiger partial charge < -0.3 is 14.2 Å². The molecular weight excluding hydrogens is 186 g/mol. The molecular formula is C6H12FO4P. The molecule has 0 bridgehead atoms. The van der Waals surface area contributed by atoms with E-state index >= 15 is 0 Å². The fourth-order valence-electron chi connectivity index (χ4n) is 1.29. The van der Waals surface area contributed by atoms with Crippen LogP contribution in [0.25, 0.3) is 0 Å². The lowest BCUT2D eigenvalue weighted by Gasteiger charge is -2.13. The molecule has 1 aliphatic rings. The molecule has 12 heavy (non-hydrogen) atoms. The molecule has 0 aromatic rings. The smallest absolute Gasteiger partial charge is 0.317 e. The summed E-state index contributed by atoms with van der Waals surface area (Å²) in [6.45, 7) is 3.19. The Kier molecular flexibility index (Phi) is 3.23. The van der Waals surface area contributed by atoms with Gasteiger partial charge in [0.2, 0.25) is 0 Å². The molecule has 4 nitrogen and oxygen atoms in total. The summed E-state index contributed by atoms with van der Waals surface area (Å²) >= 11 is 0. The molecule has 0 aliphatic carbocycles. The Bertz CT molecular complexity index is 188. The van der Waals surface area contributed by atoms with Crippen LogP contribution in [0.5, 0.6) is 0 Å². The van der Waals surface area contributed by atoms with Crippen LogP contribution in [0.3, 0.4) is 0 Å². The second-order valence-electron chi connectivity index (χ2n) is 2.84. The van der Waals surface area contributed by atoms with E-state index in [-0.39, 0.29) is 0 Å². The predicted molar refractivity (Wildman–Crippen MR) is 41.0 cm³/mol. The van der Waals surface area contributed by atoms with Crippen LogP contribution < -0.4 is 0 Å². The first-order valence-corrected chi connectivity index (χ1v) is 4.98. The van der Waals surface area contributed by atoms with Gasteiger partial charge in [0.25, 0.3) is 0 Å². The number of ether oxygens (including phenoxy) is 1. The molecule has 0 radical (unpaired) electrons. The quantitative estimate of drug-likeness (QED) is 0.669. The Balaban J connectivity index is 2.57. The molecule has 1 rings (SSSR count). The molecule has 1 N–H and O–H groups in total. The zero-order chi connectivity index (χ0) is 9.30. The van der Waals surface area contributed by atoms with Gasteiger partial charge in [-0.1, -0.05) is 0 Å². The lowest BCUT2D eigenvalue weighted by atomic mass is 10.1. The maximum Gasteiger partial charge on any atom is 0.317 e. The second kappa shape index (κ2) is 3.83. The van der Waals surface area contributed by atoms with Crippen molar-refractivity contribution in [3.8, 4) is 0 Å². The fourth-order valence-corrected chi connectivity index (χ4v) is 1.85. The van der Waals surface area contributed by atoms with Gasteiger partial charge in [-0.15, -0.1) is 0 Å². The lowest BCUT2D eigenvalue weighted by Crippen LogP contribution is -2.28. The average Bonchev–Trinajstić information content (AvgIpc) is 2.16. The molecule has 1 heterocycles. The molecule has 5 atom stereocenters. The van der Waals surface area contributed by atoms with Crippen molar-refractivity contribution in [2.24, 2.45) is 0 Å². The Labute approximate surface area is 70.6 Å². The van der Waals surface area contributed by atoms with E-state index < -0.39 is 32.7 Å². The monoisotopic (exact) mass is 198 g/mol. The van der Waals surface area contributed by atoms with E-state index in [1.54, 1.807) is 13.8 Å². The van der Waals surface area contributed by atoms with Crippen molar-refractivity contribution in [3.05, 3.63) is 0 Å². The molecule has 0 saturated carbocycles. The van der Waals surface area contributed by atoms with Crippen LogP contribution in [0.2, 0.25) is 0 Å². The van der Waals surface area contributed by atoms with Gasteiger partial charge in [0.05, 0.1) is 12.2 Å².